The van der Waals surface area contributed by atoms with E-state index >= 15 is 0 Å². The highest BCUT2D eigenvalue weighted by Crippen LogP contribution is 2.18. The third kappa shape index (κ3) is 2.62. The van der Waals surface area contributed by atoms with Gasteiger partial charge < -0.3 is 0 Å². The molecule has 0 radical (unpaired) electrons. The van der Waals surface area contributed by atoms with Gasteiger partial charge in [0.2, 0.25) is 0 Å². The molecule has 0 bridgehead atoms. The van der Waals surface area contributed by atoms with Gasteiger partial charge >= 0.3 is 0 Å². The van der Waals surface area contributed by atoms with Crippen LogP contribution in [0, 0.1) is 0 Å². The van der Waals surface area contributed by atoms with Gasteiger partial charge in [0.05, 0.1) is 12.1 Å². The van der Waals surface area contributed by atoms with E-state index in [1.54, 1.807) is 26.1 Å². The van der Waals surface area contributed by atoms with Gasteiger partial charge in [0.15, 0.2) is 0 Å². The number of halogens is 1. The molecule has 0 atom stereocenters. The maximum Gasteiger partial charge on any atom is 0.128 e. The molecule has 0 aromatic rings. The molecule has 1 rings (SSSR count). The third-order valence-corrected chi connectivity index (χ3v) is 2.03. The van der Waals surface area contributed by atoms with Crippen LogP contribution in [0.5, 0.6) is 0 Å². The van der Waals surface area contributed by atoms with Crippen molar-refractivity contribution in [3.63, 3.8) is 0 Å². The van der Waals surface area contributed by atoms with Crippen molar-refractivity contribution in [3.8, 4) is 0 Å². The average molecular weight is 207 g/mol. The zero-order valence-corrected chi connectivity index (χ0v) is 8.92. The Labute approximate surface area is 88.8 Å². The van der Waals surface area contributed by atoms with E-state index < -0.39 is 0 Å². The van der Waals surface area contributed by atoms with Crippen molar-refractivity contribution in [2.75, 3.05) is 7.05 Å². The van der Waals surface area contributed by atoms with Gasteiger partial charge in [0.1, 0.15) is 11.7 Å². The summed E-state index contributed by atoms with van der Waals surface area (Å²) < 4.78 is 13.5. The summed E-state index contributed by atoms with van der Waals surface area (Å²) in [5, 5.41) is 4.01. The summed E-state index contributed by atoms with van der Waals surface area (Å²) in [5.74, 6) is 0.441. The number of hydrazone groups is 1. The molecule has 0 aromatic heterocycles. The molecule has 0 fully saturated rings. The highest BCUT2D eigenvalue weighted by molar-refractivity contribution is 6.16. The van der Waals surface area contributed by atoms with Gasteiger partial charge in [0.25, 0.3) is 0 Å². The van der Waals surface area contributed by atoms with Crippen molar-refractivity contribution in [2.45, 2.75) is 13.3 Å². The topological polar surface area (TPSA) is 36.8 Å². The Balaban J connectivity index is 2.94. The van der Waals surface area contributed by atoms with Gasteiger partial charge in [0, 0.05) is 12.6 Å². The minimum absolute atomic E-state index is 0.298. The van der Waals surface area contributed by atoms with Crippen LogP contribution in [-0.2, 0) is 0 Å². The van der Waals surface area contributed by atoms with Crippen LogP contribution >= 0.6 is 0 Å². The standard InChI is InChI=1S/C11H14FN3/c1-4-6-8(9(12)5-2)10-7-11(13-3)15-14-10/h4-6H,1,7H2,2-3H3,(H,13,15)/b8-6+,9-5+. The number of rotatable bonds is 3. The zero-order valence-electron chi connectivity index (χ0n) is 8.92. The van der Waals surface area contributed by atoms with E-state index in [2.05, 4.69) is 22.1 Å². The maximum atomic E-state index is 13.5. The first-order valence-corrected chi connectivity index (χ1v) is 4.66. The van der Waals surface area contributed by atoms with E-state index in [1.165, 1.54) is 6.08 Å². The van der Waals surface area contributed by atoms with Crippen LogP contribution in [-0.4, -0.2) is 18.6 Å². The zero-order chi connectivity index (χ0) is 11.3. The summed E-state index contributed by atoms with van der Waals surface area (Å²) in [5.41, 5.74) is 3.84. The van der Waals surface area contributed by atoms with Crippen LogP contribution in [0.2, 0.25) is 0 Å². The number of hydrogen-bond acceptors (Lipinski definition) is 2. The summed E-state index contributed by atoms with van der Waals surface area (Å²) in [4.78, 5) is 3.96. The van der Waals surface area contributed by atoms with E-state index in [0.29, 0.717) is 17.7 Å². The summed E-state index contributed by atoms with van der Waals surface area (Å²) in [7, 11) is 1.67. The molecule has 0 unspecified atom stereocenters. The Bertz CT molecular complexity index is 375. The third-order valence-electron chi connectivity index (χ3n) is 2.03. The van der Waals surface area contributed by atoms with E-state index in [4.69, 9.17) is 0 Å². The summed E-state index contributed by atoms with van der Waals surface area (Å²) >= 11 is 0. The fraction of sp³-hybridized carbons (Fsp3) is 0.273. The molecule has 3 nitrogen and oxygen atoms in total. The van der Waals surface area contributed by atoms with E-state index in [-0.39, 0.29) is 5.83 Å². The number of hydrogen-bond donors (Lipinski definition) is 1. The van der Waals surface area contributed by atoms with E-state index in [9.17, 15) is 4.39 Å². The number of nitrogens with one attached hydrogen (secondary N) is 1. The monoisotopic (exact) mass is 207 g/mol. The van der Waals surface area contributed by atoms with Crippen LogP contribution in [0.4, 0.5) is 4.39 Å². The Morgan fingerprint density at radius 3 is 2.87 bits per heavy atom. The number of amidine groups is 1. The Morgan fingerprint density at radius 1 is 1.67 bits per heavy atom. The number of aliphatic imine (C=N–C) groups is 1. The van der Waals surface area contributed by atoms with Crippen LogP contribution in [0.1, 0.15) is 13.3 Å². The van der Waals surface area contributed by atoms with Gasteiger partial charge in [-0.3, -0.25) is 10.4 Å². The molecule has 1 aliphatic heterocycles. The molecule has 0 aliphatic carbocycles. The summed E-state index contributed by atoms with van der Waals surface area (Å²) in [6, 6.07) is 0. The first kappa shape index (κ1) is 11.4. The van der Waals surface area contributed by atoms with Gasteiger partial charge in [-0.1, -0.05) is 24.8 Å². The van der Waals surface area contributed by atoms with Crippen molar-refractivity contribution in [1.82, 2.24) is 5.43 Å². The second-order valence-electron chi connectivity index (χ2n) is 2.97. The van der Waals surface area contributed by atoms with Gasteiger partial charge in [-0.05, 0) is 6.92 Å². The molecule has 15 heavy (non-hydrogen) atoms. The van der Waals surface area contributed by atoms with Crippen molar-refractivity contribution >= 4 is 11.5 Å². The predicted molar refractivity (Wildman–Crippen MR) is 61.7 cm³/mol. The lowest BCUT2D eigenvalue weighted by Crippen LogP contribution is -2.10. The largest absolute Gasteiger partial charge is 0.274 e. The van der Waals surface area contributed by atoms with Crippen molar-refractivity contribution in [1.29, 1.82) is 0 Å². The lowest BCUT2D eigenvalue weighted by Gasteiger charge is -2.01. The molecule has 0 amide bonds. The second-order valence-corrected chi connectivity index (χ2v) is 2.97. The minimum atomic E-state index is -0.298. The Hall–Kier alpha value is -1.71. The molecule has 1 N–H and O–H groups in total. The van der Waals surface area contributed by atoms with Crippen LogP contribution < -0.4 is 5.43 Å². The van der Waals surface area contributed by atoms with Crippen molar-refractivity contribution in [2.24, 2.45) is 10.1 Å². The summed E-state index contributed by atoms with van der Waals surface area (Å²) in [6.45, 7) is 5.19. The highest BCUT2D eigenvalue weighted by Gasteiger charge is 2.18. The number of nitrogens with zero attached hydrogens (tertiary/aromatic N) is 2. The second kappa shape index (κ2) is 5.24. The van der Waals surface area contributed by atoms with Crippen LogP contribution in [0.25, 0.3) is 0 Å². The molecule has 80 valence electrons. The molecule has 0 saturated carbocycles. The quantitative estimate of drug-likeness (QED) is 0.708. The van der Waals surface area contributed by atoms with Gasteiger partial charge in [-0.25, -0.2) is 4.39 Å². The molecular weight excluding hydrogens is 193 g/mol. The molecule has 1 aliphatic rings. The minimum Gasteiger partial charge on any atom is -0.274 e. The lowest BCUT2D eigenvalue weighted by atomic mass is 10.1. The molecule has 0 aromatic carbocycles. The highest BCUT2D eigenvalue weighted by atomic mass is 19.1. The lowest BCUT2D eigenvalue weighted by molar-refractivity contribution is 0.657. The molecule has 0 saturated heterocycles. The number of allylic oxidation sites excluding steroid dienone is 5. The smallest absolute Gasteiger partial charge is 0.128 e. The summed E-state index contributed by atoms with van der Waals surface area (Å²) in [6.07, 6.45) is 5.08. The average Bonchev–Trinajstić information content (AvgIpc) is 2.73. The van der Waals surface area contributed by atoms with Crippen LogP contribution in [0.15, 0.2) is 46.3 Å². The van der Waals surface area contributed by atoms with Crippen molar-refractivity contribution in [3.05, 3.63) is 36.2 Å². The van der Waals surface area contributed by atoms with Gasteiger partial charge in [-0.15, -0.1) is 0 Å². The SMILES string of the molecule is C=C/C=C(C1=NNC(=NC)C1)\C(F)=C/C. The molecular formula is C11H14FN3. The molecule has 0 spiro atoms. The van der Waals surface area contributed by atoms with Crippen LogP contribution in [0.3, 0.4) is 0 Å². The Morgan fingerprint density at radius 2 is 2.40 bits per heavy atom. The first-order chi connectivity index (χ1) is 7.22. The van der Waals surface area contributed by atoms with Gasteiger partial charge in [-0.2, -0.15) is 5.10 Å². The normalized spacial score (nSPS) is 20.2. The fourth-order valence-electron chi connectivity index (χ4n) is 1.24. The fourth-order valence-corrected chi connectivity index (χ4v) is 1.24. The molecule has 4 heteroatoms. The van der Waals surface area contributed by atoms with E-state index in [1.807, 2.05) is 0 Å². The van der Waals surface area contributed by atoms with Crippen molar-refractivity contribution < 1.29 is 4.39 Å². The first-order valence-electron chi connectivity index (χ1n) is 4.66. The van der Waals surface area contributed by atoms with E-state index in [0.717, 1.165) is 5.84 Å². The Kier molecular flexibility index (Phi) is 3.97. The molecule has 1 heterocycles. The predicted octanol–water partition coefficient (Wildman–Crippen LogP) is 2.35. The maximum absolute atomic E-state index is 13.5.